The number of aliphatic hydroxyl groups is 1. The maximum atomic E-state index is 9.96. The maximum Gasteiger partial charge on any atom is 0.0904 e. The Morgan fingerprint density at radius 3 is 2.93 bits per heavy atom. The average Bonchev–Trinajstić information content (AvgIpc) is 2.84. The Hall–Kier alpha value is -0.710. The van der Waals surface area contributed by atoms with E-state index in [4.69, 9.17) is 0 Å². The summed E-state index contributed by atoms with van der Waals surface area (Å²) in [5.41, 5.74) is 2.75. The molecule has 0 saturated carbocycles. The van der Waals surface area contributed by atoms with Crippen molar-refractivity contribution in [2.45, 2.75) is 25.9 Å². The van der Waals surface area contributed by atoms with Crippen LogP contribution in [0.1, 0.15) is 28.0 Å². The van der Waals surface area contributed by atoms with E-state index in [1.165, 1.54) is 16.2 Å². The molecule has 1 N–H and O–H groups in total. The monoisotopic (exact) mass is 239 g/mol. The molecule has 0 radical (unpaired) electrons. The summed E-state index contributed by atoms with van der Waals surface area (Å²) in [4.78, 5) is 6.48. The lowest BCUT2D eigenvalue weighted by Crippen LogP contribution is -1.98. The van der Waals surface area contributed by atoms with Gasteiger partial charge in [-0.2, -0.15) is 0 Å². The fourth-order valence-corrected chi connectivity index (χ4v) is 3.04. The zero-order valence-corrected chi connectivity index (χ0v) is 10.1. The van der Waals surface area contributed by atoms with Gasteiger partial charge in [-0.25, -0.2) is 4.98 Å². The number of hydrogen-bond donors (Lipinski definition) is 1. The summed E-state index contributed by atoms with van der Waals surface area (Å²) in [6.45, 7) is 1.94. The van der Waals surface area contributed by atoms with Crippen LogP contribution >= 0.6 is 22.7 Å². The second kappa shape index (κ2) is 4.88. The van der Waals surface area contributed by atoms with Gasteiger partial charge in [0.1, 0.15) is 0 Å². The molecule has 0 aromatic carbocycles. The lowest BCUT2D eigenvalue weighted by Gasteiger charge is -2.07. The first-order chi connectivity index (χ1) is 7.27. The maximum absolute atomic E-state index is 9.96. The highest BCUT2D eigenvalue weighted by molar-refractivity contribution is 7.10. The molecule has 0 spiro atoms. The van der Waals surface area contributed by atoms with Crippen LogP contribution in [0.3, 0.4) is 0 Å². The summed E-state index contributed by atoms with van der Waals surface area (Å²) in [5, 5.41) is 12.0. The molecule has 15 heavy (non-hydrogen) atoms. The number of hydrogen-bond acceptors (Lipinski definition) is 4. The van der Waals surface area contributed by atoms with Crippen LogP contribution in [0.4, 0.5) is 0 Å². The lowest BCUT2D eigenvalue weighted by molar-refractivity contribution is 0.171. The minimum atomic E-state index is -0.361. The zero-order chi connectivity index (χ0) is 10.7. The van der Waals surface area contributed by atoms with Gasteiger partial charge in [0, 0.05) is 4.88 Å². The Kier molecular flexibility index (Phi) is 3.51. The third-order valence-corrected chi connectivity index (χ3v) is 4.30. The predicted molar refractivity (Wildman–Crippen MR) is 64.5 cm³/mol. The molecule has 0 aliphatic heterocycles. The van der Waals surface area contributed by atoms with E-state index in [2.05, 4.69) is 16.4 Å². The number of rotatable bonds is 4. The van der Waals surface area contributed by atoms with E-state index in [1.54, 1.807) is 16.8 Å². The predicted octanol–water partition coefficient (Wildman–Crippen LogP) is 3.18. The van der Waals surface area contributed by atoms with Crippen molar-refractivity contribution in [2.75, 3.05) is 0 Å². The molecular weight excluding hydrogens is 226 g/mol. The standard InChI is InChI=1S/C11H13NOS2/c1-8-11(15-7-12-8)10(13)5-4-9-3-2-6-14-9/h2-3,6-7,10,13H,4-5H2,1H3. The number of thiazole rings is 1. The molecule has 0 bridgehead atoms. The molecule has 0 aliphatic carbocycles. The van der Waals surface area contributed by atoms with Crippen LogP contribution < -0.4 is 0 Å². The van der Waals surface area contributed by atoms with Gasteiger partial charge < -0.3 is 5.11 Å². The van der Waals surface area contributed by atoms with E-state index in [1.807, 2.05) is 13.0 Å². The SMILES string of the molecule is Cc1ncsc1C(O)CCc1cccs1. The fourth-order valence-electron chi connectivity index (χ4n) is 1.50. The van der Waals surface area contributed by atoms with Gasteiger partial charge >= 0.3 is 0 Å². The molecule has 2 heterocycles. The summed E-state index contributed by atoms with van der Waals surface area (Å²) in [6, 6.07) is 4.15. The molecule has 0 amide bonds. The van der Waals surface area contributed by atoms with Crippen LogP contribution in [0.5, 0.6) is 0 Å². The molecule has 0 fully saturated rings. The molecule has 80 valence electrons. The normalized spacial score (nSPS) is 12.9. The Labute approximate surface area is 97.2 Å². The van der Waals surface area contributed by atoms with Gasteiger partial charge in [-0.1, -0.05) is 6.07 Å². The number of aliphatic hydroxyl groups excluding tert-OH is 1. The van der Waals surface area contributed by atoms with Crippen molar-refractivity contribution in [2.24, 2.45) is 0 Å². The van der Waals surface area contributed by atoms with Gasteiger partial charge in [0.2, 0.25) is 0 Å². The molecule has 2 rings (SSSR count). The average molecular weight is 239 g/mol. The van der Waals surface area contributed by atoms with Crippen LogP contribution in [-0.4, -0.2) is 10.1 Å². The van der Waals surface area contributed by atoms with Crippen molar-refractivity contribution in [3.05, 3.63) is 38.5 Å². The van der Waals surface area contributed by atoms with Crippen molar-refractivity contribution >= 4 is 22.7 Å². The lowest BCUT2D eigenvalue weighted by atomic mass is 10.1. The highest BCUT2D eigenvalue weighted by atomic mass is 32.1. The van der Waals surface area contributed by atoms with Crippen LogP contribution in [0.15, 0.2) is 23.0 Å². The van der Waals surface area contributed by atoms with E-state index in [-0.39, 0.29) is 6.10 Å². The minimum Gasteiger partial charge on any atom is -0.387 e. The number of thiophene rings is 1. The Balaban J connectivity index is 1.93. The number of aromatic nitrogens is 1. The second-order valence-electron chi connectivity index (χ2n) is 3.44. The number of nitrogens with zero attached hydrogens (tertiary/aromatic N) is 1. The molecule has 0 saturated heterocycles. The van der Waals surface area contributed by atoms with E-state index in [0.717, 1.165) is 23.4 Å². The molecule has 1 unspecified atom stereocenters. The molecule has 2 nitrogen and oxygen atoms in total. The summed E-state index contributed by atoms with van der Waals surface area (Å²) in [6.07, 6.45) is 1.36. The van der Waals surface area contributed by atoms with E-state index in [0.29, 0.717) is 0 Å². The third kappa shape index (κ3) is 2.65. The summed E-state index contributed by atoms with van der Waals surface area (Å²) >= 11 is 3.28. The zero-order valence-electron chi connectivity index (χ0n) is 8.51. The molecular formula is C11H13NOS2. The Bertz CT molecular complexity index is 408. The topological polar surface area (TPSA) is 33.1 Å². The highest BCUT2D eigenvalue weighted by Gasteiger charge is 2.12. The van der Waals surface area contributed by atoms with Crippen LogP contribution in [0, 0.1) is 6.92 Å². The summed E-state index contributed by atoms with van der Waals surface area (Å²) in [7, 11) is 0. The van der Waals surface area contributed by atoms with E-state index in [9.17, 15) is 5.11 Å². The highest BCUT2D eigenvalue weighted by Crippen LogP contribution is 2.26. The first-order valence-corrected chi connectivity index (χ1v) is 6.63. The first-order valence-electron chi connectivity index (χ1n) is 4.88. The van der Waals surface area contributed by atoms with E-state index < -0.39 is 0 Å². The van der Waals surface area contributed by atoms with Gasteiger partial charge in [0.05, 0.1) is 22.2 Å². The molecule has 0 aliphatic rings. The number of aryl methyl sites for hydroxylation is 2. The second-order valence-corrected chi connectivity index (χ2v) is 5.35. The largest absolute Gasteiger partial charge is 0.387 e. The van der Waals surface area contributed by atoms with Crippen molar-refractivity contribution < 1.29 is 5.11 Å². The molecule has 2 aromatic heterocycles. The summed E-state index contributed by atoms with van der Waals surface area (Å²) < 4.78 is 0. The van der Waals surface area contributed by atoms with Gasteiger partial charge in [-0.3, -0.25) is 0 Å². The fraction of sp³-hybridized carbons (Fsp3) is 0.364. The molecule has 2 aromatic rings. The van der Waals surface area contributed by atoms with Crippen molar-refractivity contribution in [1.29, 1.82) is 0 Å². The quantitative estimate of drug-likeness (QED) is 0.889. The van der Waals surface area contributed by atoms with Crippen molar-refractivity contribution in [1.82, 2.24) is 4.98 Å². The Morgan fingerprint density at radius 2 is 2.33 bits per heavy atom. The first kappa shape index (κ1) is 10.8. The molecule has 1 atom stereocenters. The van der Waals surface area contributed by atoms with Crippen molar-refractivity contribution in [3.63, 3.8) is 0 Å². The summed E-state index contributed by atoms with van der Waals surface area (Å²) in [5.74, 6) is 0. The molecule has 4 heteroatoms. The smallest absolute Gasteiger partial charge is 0.0904 e. The van der Waals surface area contributed by atoms with Crippen molar-refractivity contribution in [3.8, 4) is 0 Å². The van der Waals surface area contributed by atoms with Gasteiger partial charge in [-0.15, -0.1) is 22.7 Å². The minimum absolute atomic E-state index is 0.361. The van der Waals surface area contributed by atoms with Gasteiger partial charge in [-0.05, 0) is 31.2 Å². The van der Waals surface area contributed by atoms with Gasteiger partial charge in [0.25, 0.3) is 0 Å². The van der Waals surface area contributed by atoms with Crippen LogP contribution in [-0.2, 0) is 6.42 Å². The van der Waals surface area contributed by atoms with E-state index >= 15 is 0 Å². The van der Waals surface area contributed by atoms with Gasteiger partial charge in [0.15, 0.2) is 0 Å². The Morgan fingerprint density at radius 1 is 1.47 bits per heavy atom. The third-order valence-electron chi connectivity index (χ3n) is 2.33. The van der Waals surface area contributed by atoms with Crippen LogP contribution in [0.25, 0.3) is 0 Å². The van der Waals surface area contributed by atoms with Crippen LogP contribution in [0.2, 0.25) is 0 Å².